The van der Waals surface area contributed by atoms with Crippen molar-refractivity contribution in [1.29, 1.82) is 0 Å². The fraction of sp³-hybridized carbons (Fsp3) is 0.846. The van der Waals surface area contributed by atoms with Crippen molar-refractivity contribution in [3.8, 4) is 0 Å². The number of hydrogen-bond acceptors (Lipinski definition) is 3. The van der Waals surface area contributed by atoms with E-state index in [0.29, 0.717) is 5.92 Å². The van der Waals surface area contributed by atoms with Crippen molar-refractivity contribution < 1.29 is 0 Å². The van der Waals surface area contributed by atoms with Crippen LogP contribution in [0.4, 0.5) is 0 Å². The summed E-state index contributed by atoms with van der Waals surface area (Å²) in [4.78, 5) is 0. The van der Waals surface area contributed by atoms with Crippen LogP contribution in [0.5, 0.6) is 0 Å². The van der Waals surface area contributed by atoms with Gasteiger partial charge in [-0.2, -0.15) is 0 Å². The minimum absolute atomic E-state index is 0.131. The predicted octanol–water partition coefficient (Wildman–Crippen LogP) is 0.766. The Labute approximate surface area is 97.9 Å². The zero-order valence-corrected chi connectivity index (χ0v) is 9.97. The third-order valence-corrected chi connectivity index (χ3v) is 4.77. The summed E-state index contributed by atoms with van der Waals surface area (Å²) in [5.74, 6) is 0.588. The van der Waals surface area contributed by atoms with Crippen LogP contribution in [0.15, 0.2) is 12.2 Å². The fourth-order valence-corrected chi connectivity index (χ4v) is 3.75. The highest BCUT2D eigenvalue weighted by molar-refractivity contribution is 5.24. The van der Waals surface area contributed by atoms with Crippen LogP contribution in [0.1, 0.15) is 32.1 Å². The molecule has 16 heavy (non-hydrogen) atoms. The van der Waals surface area contributed by atoms with Crippen molar-refractivity contribution in [3.63, 3.8) is 0 Å². The highest BCUT2D eigenvalue weighted by Crippen LogP contribution is 2.38. The molecule has 0 amide bonds. The predicted molar refractivity (Wildman–Crippen MR) is 66.2 cm³/mol. The zero-order valence-electron chi connectivity index (χ0n) is 9.97. The maximum Gasteiger partial charge on any atom is 0.0512 e. The molecule has 0 unspecified atom stereocenters. The van der Waals surface area contributed by atoms with Gasteiger partial charge in [0.25, 0.3) is 0 Å². The van der Waals surface area contributed by atoms with Crippen LogP contribution in [0.2, 0.25) is 0 Å². The van der Waals surface area contributed by atoms with Gasteiger partial charge in [-0.1, -0.05) is 31.4 Å². The standard InChI is InChI=1S/C13H23N3/c14-9-13-10-15-8-11(13)4-7-12(16-13)5-2-1-3-6-12/h4,7,11,15-16H,1-3,5-6,8-10,14H2/t11-,13-/m1/s1. The van der Waals surface area contributed by atoms with E-state index in [9.17, 15) is 0 Å². The Kier molecular flexibility index (Phi) is 2.57. The molecule has 3 rings (SSSR count). The van der Waals surface area contributed by atoms with Gasteiger partial charge < -0.3 is 11.1 Å². The van der Waals surface area contributed by atoms with Gasteiger partial charge in [0.15, 0.2) is 0 Å². The maximum absolute atomic E-state index is 6.03. The summed E-state index contributed by atoms with van der Waals surface area (Å²) in [5.41, 5.74) is 6.43. The van der Waals surface area contributed by atoms with E-state index in [0.717, 1.165) is 19.6 Å². The monoisotopic (exact) mass is 221 g/mol. The largest absolute Gasteiger partial charge is 0.329 e. The molecule has 1 aliphatic carbocycles. The smallest absolute Gasteiger partial charge is 0.0512 e. The Morgan fingerprint density at radius 1 is 1.25 bits per heavy atom. The molecule has 2 heterocycles. The number of hydrogen-bond donors (Lipinski definition) is 3. The van der Waals surface area contributed by atoms with Crippen LogP contribution in [0, 0.1) is 5.92 Å². The molecule has 4 N–H and O–H groups in total. The first kappa shape index (κ1) is 10.8. The Morgan fingerprint density at radius 2 is 2.06 bits per heavy atom. The molecule has 0 radical (unpaired) electrons. The Bertz CT molecular complexity index is 294. The first-order valence-electron chi connectivity index (χ1n) is 6.68. The lowest BCUT2D eigenvalue weighted by molar-refractivity contribution is 0.172. The molecular formula is C13H23N3. The van der Waals surface area contributed by atoms with Gasteiger partial charge in [0.1, 0.15) is 0 Å². The lowest BCUT2D eigenvalue weighted by atomic mass is 9.72. The Balaban J connectivity index is 1.87. The third-order valence-electron chi connectivity index (χ3n) is 4.77. The van der Waals surface area contributed by atoms with E-state index in [1.165, 1.54) is 32.1 Å². The van der Waals surface area contributed by atoms with Gasteiger partial charge in [0.2, 0.25) is 0 Å². The van der Waals surface area contributed by atoms with Crippen LogP contribution in [0.3, 0.4) is 0 Å². The van der Waals surface area contributed by atoms with Crippen molar-refractivity contribution in [2.75, 3.05) is 19.6 Å². The molecule has 1 saturated carbocycles. The van der Waals surface area contributed by atoms with Crippen molar-refractivity contribution in [2.24, 2.45) is 11.7 Å². The van der Waals surface area contributed by atoms with Crippen LogP contribution in [-0.2, 0) is 0 Å². The van der Waals surface area contributed by atoms with Crippen LogP contribution in [-0.4, -0.2) is 30.7 Å². The zero-order chi connectivity index (χ0) is 11.1. The minimum atomic E-state index is 0.131. The molecule has 0 aromatic heterocycles. The van der Waals surface area contributed by atoms with E-state index in [4.69, 9.17) is 5.73 Å². The van der Waals surface area contributed by atoms with E-state index in [1.54, 1.807) is 0 Å². The topological polar surface area (TPSA) is 50.1 Å². The molecule has 1 saturated heterocycles. The van der Waals surface area contributed by atoms with E-state index in [1.807, 2.05) is 0 Å². The first-order valence-corrected chi connectivity index (χ1v) is 6.68. The molecule has 1 spiro atoms. The summed E-state index contributed by atoms with van der Waals surface area (Å²) in [7, 11) is 0. The van der Waals surface area contributed by atoms with Crippen LogP contribution >= 0.6 is 0 Å². The third kappa shape index (κ3) is 1.53. The number of fused-ring (bicyclic) bond motifs is 1. The van der Waals surface area contributed by atoms with Gasteiger partial charge in [-0.05, 0) is 12.8 Å². The number of rotatable bonds is 1. The van der Waals surface area contributed by atoms with Crippen LogP contribution < -0.4 is 16.4 Å². The van der Waals surface area contributed by atoms with E-state index >= 15 is 0 Å². The average molecular weight is 221 g/mol. The summed E-state index contributed by atoms with van der Waals surface area (Å²) in [6.07, 6.45) is 11.6. The van der Waals surface area contributed by atoms with Crippen molar-refractivity contribution in [1.82, 2.24) is 10.6 Å². The maximum atomic E-state index is 6.03. The van der Waals surface area contributed by atoms with Gasteiger partial charge in [-0.3, -0.25) is 5.32 Å². The lowest BCUT2D eigenvalue weighted by Crippen LogP contribution is -2.66. The molecule has 3 heteroatoms. The molecule has 3 nitrogen and oxygen atoms in total. The second kappa shape index (κ2) is 3.83. The Morgan fingerprint density at radius 3 is 2.81 bits per heavy atom. The molecular weight excluding hydrogens is 198 g/mol. The fourth-order valence-electron chi connectivity index (χ4n) is 3.75. The van der Waals surface area contributed by atoms with Gasteiger partial charge in [-0.15, -0.1) is 0 Å². The molecule has 3 aliphatic rings. The molecule has 0 aromatic carbocycles. The van der Waals surface area contributed by atoms with E-state index < -0.39 is 0 Å². The normalized spacial score (nSPS) is 41.2. The molecule has 2 aliphatic heterocycles. The second-order valence-corrected chi connectivity index (χ2v) is 5.80. The molecule has 2 fully saturated rings. The number of nitrogens with two attached hydrogens (primary N) is 1. The van der Waals surface area contributed by atoms with Gasteiger partial charge >= 0.3 is 0 Å². The molecule has 2 atom stereocenters. The summed E-state index contributed by atoms with van der Waals surface area (Å²) >= 11 is 0. The lowest BCUT2D eigenvalue weighted by Gasteiger charge is -2.48. The highest BCUT2D eigenvalue weighted by atomic mass is 15.2. The van der Waals surface area contributed by atoms with Crippen molar-refractivity contribution in [2.45, 2.75) is 43.2 Å². The summed E-state index contributed by atoms with van der Waals surface area (Å²) < 4.78 is 0. The summed E-state index contributed by atoms with van der Waals surface area (Å²) in [5, 5.41) is 7.40. The van der Waals surface area contributed by atoms with Crippen molar-refractivity contribution in [3.05, 3.63) is 12.2 Å². The number of nitrogens with one attached hydrogen (secondary N) is 2. The highest BCUT2D eigenvalue weighted by Gasteiger charge is 2.48. The summed E-state index contributed by atoms with van der Waals surface area (Å²) in [6, 6.07) is 0. The van der Waals surface area contributed by atoms with Crippen LogP contribution in [0.25, 0.3) is 0 Å². The van der Waals surface area contributed by atoms with Crippen molar-refractivity contribution >= 4 is 0 Å². The molecule has 0 aromatic rings. The minimum Gasteiger partial charge on any atom is -0.329 e. The quantitative estimate of drug-likeness (QED) is 0.573. The first-order chi connectivity index (χ1) is 7.79. The Hall–Kier alpha value is -0.380. The van der Waals surface area contributed by atoms with Gasteiger partial charge in [0, 0.05) is 31.1 Å². The average Bonchev–Trinajstić information content (AvgIpc) is 2.73. The second-order valence-electron chi connectivity index (χ2n) is 5.80. The SMILES string of the molecule is NC[C@@]12CNC[C@H]1C=CC1(CCCCC1)N2. The van der Waals surface area contributed by atoms with Gasteiger partial charge in [0.05, 0.1) is 5.54 Å². The molecule has 0 bridgehead atoms. The van der Waals surface area contributed by atoms with E-state index in [-0.39, 0.29) is 11.1 Å². The molecule has 90 valence electrons. The van der Waals surface area contributed by atoms with Gasteiger partial charge in [-0.25, -0.2) is 0 Å². The van der Waals surface area contributed by atoms with E-state index in [2.05, 4.69) is 22.8 Å². The summed E-state index contributed by atoms with van der Waals surface area (Å²) in [6.45, 7) is 2.85.